The summed E-state index contributed by atoms with van der Waals surface area (Å²) in [6.07, 6.45) is 7.14. The van der Waals surface area contributed by atoms with Gasteiger partial charge >= 0.3 is 0 Å². The summed E-state index contributed by atoms with van der Waals surface area (Å²) in [5.41, 5.74) is 0. The second-order valence-electron chi connectivity index (χ2n) is 5.62. The van der Waals surface area contributed by atoms with Crippen molar-refractivity contribution in [3.63, 3.8) is 0 Å². The van der Waals surface area contributed by atoms with Gasteiger partial charge in [0.25, 0.3) is 0 Å². The zero-order valence-electron chi connectivity index (χ0n) is 12.3. The minimum atomic E-state index is 0.518. The Labute approximate surface area is 121 Å². The maximum absolute atomic E-state index is 6.00. The summed E-state index contributed by atoms with van der Waals surface area (Å²) in [5, 5.41) is 3.47. The molecule has 0 aromatic carbocycles. The highest BCUT2D eigenvalue weighted by Gasteiger charge is 2.20. The van der Waals surface area contributed by atoms with Crippen LogP contribution >= 0.6 is 11.3 Å². The van der Waals surface area contributed by atoms with Crippen LogP contribution in [0.15, 0.2) is 12.1 Å². The van der Waals surface area contributed by atoms with Crippen LogP contribution in [0.5, 0.6) is 0 Å². The lowest BCUT2D eigenvalue weighted by Crippen LogP contribution is -2.26. The van der Waals surface area contributed by atoms with Gasteiger partial charge in [0.1, 0.15) is 0 Å². The minimum absolute atomic E-state index is 0.518. The molecule has 1 fully saturated rings. The summed E-state index contributed by atoms with van der Waals surface area (Å²) in [7, 11) is 0. The molecule has 0 bridgehead atoms. The third-order valence-electron chi connectivity index (χ3n) is 4.04. The van der Waals surface area contributed by atoms with Gasteiger partial charge < -0.3 is 10.1 Å². The number of hydrogen-bond donors (Lipinski definition) is 1. The van der Waals surface area contributed by atoms with Crippen LogP contribution in [0.1, 0.15) is 48.8 Å². The van der Waals surface area contributed by atoms with Crippen molar-refractivity contribution >= 4 is 11.3 Å². The molecule has 2 atom stereocenters. The van der Waals surface area contributed by atoms with Crippen LogP contribution in [0, 0.1) is 12.8 Å². The molecular formula is C16H27NOS. The van der Waals surface area contributed by atoms with E-state index in [1.54, 1.807) is 0 Å². The number of rotatable bonds is 7. The monoisotopic (exact) mass is 281 g/mol. The molecule has 1 saturated carbocycles. The zero-order chi connectivity index (χ0) is 13.5. The predicted molar refractivity (Wildman–Crippen MR) is 82.8 cm³/mol. The van der Waals surface area contributed by atoms with Crippen LogP contribution in [-0.4, -0.2) is 19.3 Å². The van der Waals surface area contributed by atoms with E-state index in [1.807, 2.05) is 11.3 Å². The molecule has 108 valence electrons. The molecule has 19 heavy (non-hydrogen) atoms. The molecule has 1 aliphatic rings. The lowest BCUT2D eigenvalue weighted by atomic mass is 9.85. The molecule has 0 radical (unpaired) electrons. The first-order valence-electron chi connectivity index (χ1n) is 7.65. The molecule has 2 unspecified atom stereocenters. The highest BCUT2D eigenvalue weighted by atomic mass is 32.1. The Morgan fingerprint density at radius 2 is 2.26 bits per heavy atom. The molecule has 2 nitrogen and oxygen atoms in total. The largest absolute Gasteiger partial charge is 0.377 e. The van der Waals surface area contributed by atoms with E-state index in [0.29, 0.717) is 6.10 Å². The Balaban J connectivity index is 1.54. The van der Waals surface area contributed by atoms with Crippen LogP contribution < -0.4 is 5.32 Å². The summed E-state index contributed by atoms with van der Waals surface area (Å²) >= 11 is 1.87. The second-order valence-corrected chi connectivity index (χ2v) is 7.00. The van der Waals surface area contributed by atoms with E-state index >= 15 is 0 Å². The van der Waals surface area contributed by atoms with Gasteiger partial charge in [-0.15, -0.1) is 11.3 Å². The Morgan fingerprint density at radius 1 is 1.37 bits per heavy atom. The van der Waals surface area contributed by atoms with E-state index in [-0.39, 0.29) is 0 Å². The smallest absolute Gasteiger partial charge is 0.0594 e. The number of ether oxygens (including phenoxy) is 1. The third-order valence-corrected chi connectivity index (χ3v) is 5.04. The summed E-state index contributed by atoms with van der Waals surface area (Å²) in [6, 6.07) is 4.39. The highest BCUT2D eigenvalue weighted by molar-refractivity contribution is 7.11. The molecular weight excluding hydrogens is 254 g/mol. The van der Waals surface area contributed by atoms with E-state index in [1.165, 1.54) is 41.9 Å². The Morgan fingerprint density at radius 3 is 3.00 bits per heavy atom. The maximum Gasteiger partial charge on any atom is 0.0594 e. The summed E-state index contributed by atoms with van der Waals surface area (Å²) in [4.78, 5) is 2.81. The van der Waals surface area contributed by atoms with Crippen molar-refractivity contribution in [3.05, 3.63) is 21.9 Å². The number of nitrogens with one attached hydrogen (secondary N) is 1. The molecule has 2 rings (SSSR count). The van der Waals surface area contributed by atoms with Crippen molar-refractivity contribution in [2.24, 2.45) is 5.92 Å². The lowest BCUT2D eigenvalue weighted by Gasteiger charge is -2.28. The van der Waals surface area contributed by atoms with Gasteiger partial charge in [0.15, 0.2) is 0 Å². The first kappa shape index (κ1) is 15.0. The van der Waals surface area contributed by atoms with Crippen LogP contribution in [0.25, 0.3) is 0 Å². The Kier molecular flexibility index (Phi) is 6.35. The molecule has 0 saturated heterocycles. The molecule has 1 heterocycles. The molecule has 0 aliphatic heterocycles. The van der Waals surface area contributed by atoms with Crippen molar-refractivity contribution in [3.8, 4) is 0 Å². The van der Waals surface area contributed by atoms with E-state index in [9.17, 15) is 0 Å². The molecule has 1 aromatic rings. The summed E-state index contributed by atoms with van der Waals surface area (Å²) in [5.74, 6) is 0.904. The van der Waals surface area contributed by atoms with Crippen molar-refractivity contribution in [2.75, 3.05) is 13.2 Å². The van der Waals surface area contributed by atoms with Crippen LogP contribution in [0.3, 0.4) is 0 Å². The Hall–Kier alpha value is -0.380. The fourth-order valence-electron chi connectivity index (χ4n) is 2.85. The molecule has 0 spiro atoms. The topological polar surface area (TPSA) is 21.3 Å². The predicted octanol–water partition coefficient (Wildman–Crippen LogP) is 4.13. The summed E-state index contributed by atoms with van der Waals surface area (Å²) < 4.78 is 6.00. The van der Waals surface area contributed by atoms with E-state index in [2.05, 4.69) is 31.3 Å². The normalized spacial score (nSPS) is 23.7. The van der Waals surface area contributed by atoms with Gasteiger partial charge in [-0.05, 0) is 37.8 Å². The van der Waals surface area contributed by atoms with Crippen LogP contribution in [-0.2, 0) is 11.3 Å². The summed E-state index contributed by atoms with van der Waals surface area (Å²) in [6.45, 7) is 7.25. The minimum Gasteiger partial charge on any atom is -0.377 e. The van der Waals surface area contributed by atoms with E-state index in [0.717, 1.165) is 25.6 Å². The van der Waals surface area contributed by atoms with Crippen molar-refractivity contribution in [2.45, 2.75) is 58.6 Å². The molecule has 0 amide bonds. The van der Waals surface area contributed by atoms with Crippen molar-refractivity contribution in [1.29, 1.82) is 0 Å². The average Bonchev–Trinajstić information content (AvgIpc) is 2.84. The first-order valence-corrected chi connectivity index (χ1v) is 8.47. The molecule has 1 aromatic heterocycles. The molecule has 1 N–H and O–H groups in total. The van der Waals surface area contributed by atoms with Gasteiger partial charge in [-0.25, -0.2) is 0 Å². The third kappa shape index (κ3) is 5.25. The van der Waals surface area contributed by atoms with Crippen LogP contribution in [0.2, 0.25) is 0 Å². The molecule has 1 aliphatic carbocycles. The quantitative estimate of drug-likeness (QED) is 0.759. The highest BCUT2D eigenvalue weighted by Crippen LogP contribution is 2.28. The van der Waals surface area contributed by atoms with Crippen LogP contribution in [0.4, 0.5) is 0 Å². The fraction of sp³-hybridized carbons (Fsp3) is 0.750. The van der Waals surface area contributed by atoms with Gasteiger partial charge in [-0.1, -0.05) is 26.2 Å². The zero-order valence-corrected chi connectivity index (χ0v) is 13.1. The van der Waals surface area contributed by atoms with E-state index < -0.39 is 0 Å². The SMILES string of the molecule is CCC1CCCC(OCCNCc2ccc(C)s2)C1. The number of hydrogen-bond acceptors (Lipinski definition) is 3. The fourth-order valence-corrected chi connectivity index (χ4v) is 3.71. The van der Waals surface area contributed by atoms with Crippen molar-refractivity contribution in [1.82, 2.24) is 5.32 Å². The molecule has 3 heteroatoms. The number of aryl methyl sites for hydroxylation is 1. The lowest BCUT2D eigenvalue weighted by molar-refractivity contribution is 0.0142. The first-order chi connectivity index (χ1) is 9.28. The standard InChI is InChI=1S/C16H27NOS/c1-3-14-5-4-6-15(11-14)18-10-9-17-12-16-8-7-13(2)19-16/h7-8,14-15,17H,3-6,9-12H2,1-2H3. The van der Waals surface area contributed by atoms with Crippen molar-refractivity contribution < 1.29 is 4.74 Å². The van der Waals surface area contributed by atoms with Gasteiger partial charge in [0.2, 0.25) is 0 Å². The van der Waals surface area contributed by atoms with Gasteiger partial charge in [0, 0.05) is 22.8 Å². The van der Waals surface area contributed by atoms with E-state index in [4.69, 9.17) is 4.74 Å². The van der Waals surface area contributed by atoms with Gasteiger partial charge in [-0.3, -0.25) is 0 Å². The second kappa shape index (κ2) is 8.03. The number of thiophene rings is 1. The maximum atomic E-state index is 6.00. The average molecular weight is 281 g/mol. The van der Waals surface area contributed by atoms with Gasteiger partial charge in [-0.2, -0.15) is 0 Å². The van der Waals surface area contributed by atoms with Gasteiger partial charge in [0.05, 0.1) is 12.7 Å². The Bertz CT molecular complexity index is 363.